The molecule has 0 amide bonds. The molecule has 0 saturated heterocycles. The Balaban J connectivity index is 1.98. The second kappa shape index (κ2) is 7.00. The molecule has 20 heavy (non-hydrogen) atoms. The van der Waals surface area contributed by atoms with Crippen LogP contribution in [0, 0.1) is 6.92 Å². The minimum Gasteiger partial charge on any atom is -0.462 e. The maximum atomic E-state index is 11.9. The van der Waals surface area contributed by atoms with Gasteiger partial charge in [-0.1, -0.05) is 6.07 Å². The molecule has 5 nitrogen and oxygen atoms in total. The molecule has 106 valence electrons. The zero-order valence-electron chi connectivity index (χ0n) is 11.5. The number of carbonyl (C=O) groups excluding carboxylic acids is 1. The lowest BCUT2D eigenvalue weighted by Gasteiger charge is -2.06. The van der Waals surface area contributed by atoms with Crippen LogP contribution in [0.25, 0.3) is 0 Å². The summed E-state index contributed by atoms with van der Waals surface area (Å²) in [6, 6.07) is 5.83. The van der Waals surface area contributed by atoms with Crippen molar-refractivity contribution < 1.29 is 9.53 Å². The van der Waals surface area contributed by atoms with Crippen molar-refractivity contribution in [1.29, 1.82) is 0 Å². The highest BCUT2D eigenvalue weighted by atomic mass is 32.1. The number of pyridine rings is 1. The lowest BCUT2D eigenvalue weighted by atomic mass is 10.2. The van der Waals surface area contributed by atoms with Gasteiger partial charge in [0.25, 0.3) is 0 Å². The van der Waals surface area contributed by atoms with E-state index in [1.165, 1.54) is 11.5 Å². The number of nitrogens with zero attached hydrogens (tertiary/aromatic N) is 2. The van der Waals surface area contributed by atoms with Gasteiger partial charge in [-0.15, -0.1) is 0 Å². The summed E-state index contributed by atoms with van der Waals surface area (Å²) < 4.78 is 9.26. The van der Waals surface area contributed by atoms with E-state index in [0.29, 0.717) is 24.4 Å². The van der Waals surface area contributed by atoms with Crippen molar-refractivity contribution in [3.63, 3.8) is 0 Å². The van der Waals surface area contributed by atoms with Crippen LogP contribution in [-0.4, -0.2) is 28.5 Å². The van der Waals surface area contributed by atoms with Crippen molar-refractivity contribution in [1.82, 2.24) is 9.36 Å². The smallest absolute Gasteiger partial charge is 0.343 e. The molecule has 0 aliphatic carbocycles. The molecule has 0 saturated carbocycles. The Morgan fingerprint density at radius 2 is 2.30 bits per heavy atom. The average Bonchev–Trinajstić information content (AvgIpc) is 2.81. The molecule has 0 aliphatic heterocycles. The van der Waals surface area contributed by atoms with Crippen molar-refractivity contribution in [2.24, 2.45) is 0 Å². The molecule has 0 aromatic carbocycles. The van der Waals surface area contributed by atoms with Crippen LogP contribution in [0.5, 0.6) is 0 Å². The monoisotopic (exact) mass is 291 g/mol. The Labute approximate surface area is 122 Å². The van der Waals surface area contributed by atoms with Crippen molar-refractivity contribution in [2.45, 2.75) is 20.3 Å². The second-order valence-electron chi connectivity index (χ2n) is 4.19. The fourth-order valence-electron chi connectivity index (χ4n) is 1.78. The molecule has 1 N–H and O–H groups in total. The number of nitrogens with one attached hydrogen (secondary N) is 1. The maximum absolute atomic E-state index is 11.9. The van der Waals surface area contributed by atoms with E-state index >= 15 is 0 Å². The van der Waals surface area contributed by atoms with Crippen LogP contribution in [0.1, 0.15) is 28.7 Å². The van der Waals surface area contributed by atoms with Crippen LogP contribution in [0.3, 0.4) is 0 Å². The number of esters is 1. The van der Waals surface area contributed by atoms with Crippen LogP contribution in [-0.2, 0) is 11.2 Å². The summed E-state index contributed by atoms with van der Waals surface area (Å²) in [4.78, 5) is 16.1. The SMILES string of the molecule is CCOC(=O)c1c(C)nsc1NCCc1ccccn1. The highest BCUT2D eigenvalue weighted by Gasteiger charge is 2.19. The Bertz CT molecular complexity index is 569. The van der Waals surface area contributed by atoms with Crippen molar-refractivity contribution in [2.75, 3.05) is 18.5 Å². The maximum Gasteiger partial charge on any atom is 0.343 e. The number of ether oxygens (including phenoxy) is 1. The van der Waals surface area contributed by atoms with E-state index in [9.17, 15) is 4.79 Å². The number of carbonyl (C=O) groups is 1. The topological polar surface area (TPSA) is 64.1 Å². The molecule has 2 aromatic heterocycles. The Kier molecular flexibility index (Phi) is 5.06. The van der Waals surface area contributed by atoms with E-state index in [1.54, 1.807) is 13.1 Å². The zero-order chi connectivity index (χ0) is 14.4. The van der Waals surface area contributed by atoms with Crippen molar-refractivity contribution in [3.05, 3.63) is 41.3 Å². The molecule has 0 radical (unpaired) electrons. The molecule has 0 bridgehead atoms. The normalized spacial score (nSPS) is 10.3. The van der Waals surface area contributed by atoms with Crippen molar-refractivity contribution in [3.8, 4) is 0 Å². The van der Waals surface area contributed by atoms with Crippen LogP contribution >= 0.6 is 11.5 Å². The largest absolute Gasteiger partial charge is 0.462 e. The third-order valence-electron chi connectivity index (χ3n) is 2.74. The first-order chi connectivity index (χ1) is 9.72. The fraction of sp³-hybridized carbons (Fsp3) is 0.357. The molecular weight excluding hydrogens is 274 g/mol. The minimum absolute atomic E-state index is 0.320. The van der Waals surface area contributed by atoms with Gasteiger partial charge in [-0.3, -0.25) is 4.98 Å². The van der Waals surface area contributed by atoms with Gasteiger partial charge in [0, 0.05) is 24.9 Å². The Hall–Kier alpha value is -1.95. The average molecular weight is 291 g/mol. The molecule has 0 atom stereocenters. The highest BCUT2D eigenvalue weighted by molar-refractivity contribution is 7.10. The summed E-state index contributed by atoms with van der Waals surface area (Å²) >= 11 is 1.28. The van der Waals surface area contributed by atoms with Crippen LogP contribution in [0.4, 0.5) is 5.00 Å². The predicted molar refractivity (Wildman–Crippen MR) is 79.2 cm³/mol. The standard InChI is InChI=1S/C14H17N3O2S/c1-3-19-14(18)12-10(2)17-20-13(12)16-9-7-11-6-4-5-8-15-11/h4-6,8,16H,3,7,9H2,1-2H3. The molecule has 0 spiro atoms. The lowest BCUT2D eigenvalue weighted by molar-refractivity contribution is 0.0527. The predicted octanol–water partition coefficient (Wildman–Crippen LogP) is 2.68. The van der Waals surface area contributed by atoms with Gasteiger partial charge in [0.15, 0.2) is 0 Å². The van der Waals surface area contributed by atoms with Gasteiger partial charge in [-0.25, -0.2) is 4.79 Å². The summed E-state index contributed by atoms with van der Waals surface area (Å²) in [7, 11) is 0. The first-order valence-corrected chi connectivity index (χ1v) is 7.27. The second-order valence-corrected chi connectivity index (χ2v) is 4.96. The zero-order valence-corrected chi connectivity index (χ0v) is 12.4. The van der Waals surface area contributed by atoms with Crippen molar-refractivity contribution >= 4 is 22.5 Å². The van der Waals surface area contributed by atoms with E-state index in [-0.39, 0.29) is 5.97 Å². The highest BCUT2D eigenvalue weighted by Crippen LogP contribution is 2.25. The van der Waals surface area contributed by atoms with E-state index in [2.05, 4.69) is 14.7 Å². The summed E-state index contributed by atoms with van der Waals surface area (Å²) in [6.07, 6.45) is 2.57. The molecule has 0 aliphatic rings. The quantitative estimate of drug-likeness (QED) is 0.829. The molecule has 0 unspecified atom stereocenters. The lowest BCUT2D eigenvalue weighted by Crippen LogP contribution is -2.11. The van der Waals surface area contributed by atoms with Gasteiger partial charge in [0.1, 0.15) is 10.6 Å². The molecule has 2 rings (SSSR count). The number of rotatable bonds is 6. The van der Waals surface area contributed by atoms with Crippen LogP contribution < -0.4 is 5.32 Å². The summed E-state index contributed by atoms with van der Waals surface area (Å²) in [5.41, 5.74) is 2.26. The number of aromatic nitrogens is 2. The minimum atomic E-state index is -0.320. The van der Waals surface area contributed by atoms with E-state index in [0.717, 1.165) is 17.1 Å². The van der Waals surface area contributed by atoms with Gasteiger partial charge in [-0.2, -0.15) is 4.37 Å². The molecule has 2 heterocycles. The first kappa shape index (κ1) is 14.5. The van der Waals surface area contributed by atoms with Gasteiger partial charge in [0.2, 0.25) is 0 Å². The third kappa shape index (κ3) is 3.54. The van der Waals surface area contributed by atoms with Gasteiger partial charge in [0.05, 0.1) is 12.3 Å². The first-order valence-electron chi connectivity index (χ1n) is 6.49. The van der Waals surface area contributed by atoms with Gasteiger partial charge >= 0.3 is 5.97 Å². The Morgan fingerprint density at radius 3 is 3.00 bits per heavy atom. The van der Waals surface area contributed by atoms with E-state index in [1.807, 2.05) is 25.1 Å². The van der Waals surface area contributed by atoms with Gasteiger partial charge < -0.3 is 10.1 Å². The van der Waals surface area contributed by atoms with Gasteiger partial charge in [-0.05, 0) is 37.5 Å². The van der Waals surface area contributed by atoms with Crippen LogP contribution in [0.2, 0.25) is 0 Å². The summed E-state index contributed by atoms with van der Waals surface area (Å²) in [5.74, 6) is -0.320. The molecule has 6 heteroatoms. The number of aryl methyl sites for hydroxylation is 1. The summed E-state index contributed by atoms with van der Waals surface area (Å²) in [5, 5.41) is 4.00. The molecule has 2 aromatic rings. The fourth-order valence-corrected chi connectivity index (χ4v) is 2.59. The molecular formula is C14H17N3O2S. The summed E-state index contributed by atoms with van der Waals surface area (Å²) in [6.45, 7) is 4.67. The number of anilines is 1. The van der Waals surface area contributed by atoms with E-state index in [4.69, 9.17) is 4.74 Å². The van der Waals surface area contributed by atoms with Crippen LogP contribution in [0.15, 0.2) is 24.4 Å². The number of hydrogen-bond donors (Lipinski definition) is 1. The van der Waals surface area contributed by atoms with E-state index < -0.39 is 0 Å². The Morgan fingerprint density at radius 1 is 1.45 bits per heavy atom. The molecule has 0 fully saturated rings. The third-order valence-corrected chi connectivity index (χ3v) is 3.63. The number of hydrogen-bond acceptors (Lipinski definition) is 6.